The fourth-order valence-corrected chi connectivity index (χ4v) is 1.98. The van der Waals surface area contributed by atoms with E-state index < -0.39 is 0 Å². The zero-order valence-corrected chi connectivity index (χ0v) is 12.2. The van der Waals surface area contributed by atoms with Gasteiger partial charge in [0.05, 0.1) is 16.4 Å². The third-order valence-electron chi connectivity index (χ3n) is 2.44. The van der Waals surface area contributed by atoms with Gasteiger partial charge < -0.3 is 5.32 Å². The largest absolute Gasteiger partial charge is 0.319 e. The van der Waals surface area contributed by atoms with Crippen LogP contribution in [-0.4, -0.2) is 15.7 Å². The van der Waals surface area contributed by atoms with E-state index in [0.717, 1.165) is 10.2 Å². The summed E-state index contributed by atoms with van der Waals surface area (Å²) in [6.07, 6.45) is 1.76. The lowest BCUT2D eigenvalue weighted by Gasteiger charge is -2.04. The quantitative estimate of drug-likeness (QED) is 0.918. The predicted octanol–water partition coefficient (Wildman–Crippen LogP) is 3.40. The maximum absolute atomic E-state index is 12.0. The summed E-state index contributed by atoms with van der Waals surface area (Å²) in [7, 11) is 1.80. The van der Waals surface area contributed by atoms with Gasteiger partial charge in [-0.05, 0) is 41.1 Å². The molecule has 4 nitrogen and oxygen atoms in total. The lowest BCUT2D eigenvalue weighted by molar-refractivity contribution is 0.102. The summed E-state index contributed by atoms with van der Waals surface area (Å²) in [5.41, 5.74) is 1.97. The molecule has 0 radical (unpaired) electrons. The summed E-state index contributed by atoms with van der Waals surface area (Å²) in [6, 6.07) is 5.07. The molecule has 94 valence electrons. The molecule has 1 N–H and O–H groups in total. The highest BCUT2D eigenvalue weighted by Gasteiger charge is 2.11. The van der Waals surface area contributed by atoms with Gasteiger partial charge in [0.1, 0.15) is 0 Å². The van der Waals surface area contributed by atoms with Gasteiger partial charge >= 0.3 is 0 Å². The van der Waals surface area contributed by atoms with Crippen LogP contribution < -0.4 is 5.32 Å². The number of hydrogen-bond acceptors (Lipinski definition) is 2. The van der Waals surface area contributed by atoms with Crippen molar-refractivity contribution in [2.75, 3.05) is 5.32 Å². The van der Waals surface area contributed by atoms with Gasteiger partial charge in [-0.15, -0.1) is 0 Å². The first-order valence-corrected chi connectivity index (χ1v) is 6.41. The van der Waals surface area contributed by atoms with Crippen molar-refractivity contribution >= 4 is 39.1 Å². The van der Waals surface area contributed by atoms with Crippen LogP contribution in [0.3, 0.4) is 0 Å². The molecule has 6 heteroatoms. The second-order valence-corrected chi connectivity index (χ2v) is 5.15. The molecular formula is C12H11BrClN3O. The Kier molecular flexibility index (Phi) is 3.73. The highest BCUT2D eigenvalue weighted by molar-refractivity contribution is 9.10. The van der Waals surface area contributed by atoms with Crippen molar-refractivity contribution in [2.24, 2.45) is 7.05 Å². The molecule has 0 aliphatic heterocycles. The van der Waals surface area contributed by atoms with Crippen LogP contribution in [0.15, 0.2) is 28.9 Å². The summed E-state index contributed by atoms with van der Waals surface area (Å²) < 4.78 is 2.41. The van der Waals surface area contributed by atoms with E-state index >= 15 is 0 Å². The Morgan fingerprint density at radius 2 is 2.22 bits per heavy atom. The predicted molar refractivity (Wildman–Crippen MR) is 75.1 cm³/mol. The molecule has 1 aromatic heterocycles. The van der Waals surface area contributed by atoms with Crippen molar-refractivity contribution in [3.63, 3.8) is 0 Å². The average Bonchev–Trinajstić information content (AvgIpc) is 2.61. The molecule has 0 aliphatic carbocycles. The van der Waals surface area contributed by atoms with E-state index in [4.69, 9.17) is 11.6 Å². The summed E-state index contributed by atoms with van der Waals surface area (Å²) >= 11 is 9.24. The number of anilines is 1. The molecule has 2 aromatic rings. The highest BCUT2D eigenvalue weighted by Crippen LogP contribution is 2.23. The van der Waals surface area contributed by atoms with Crippen molar-refractivity contribution in [3.05, 3.63) is 45.1 Å². The number of halogens is 2. The lowest BCUT2D eigenvalue weighted by atomic mass is 10.2. The molecule has 1 heterocycles. The molecular weight excluding hydrogens is 318 g/mol. The van der Waals surface area contributed by atoms with Crippen LogP contribution in [0.2, 0.25) is 5.02 Å². The standard InChI is InChI=1S/C12H11BrClN3O/c1-7-11(6-17(2)16-7)15-12(18)8-3-4-9(13)10(14)5-8/h3-6H,1-2H3,(H,15,18). The third-order valence-corrected chi connectivity index (χ3v) is 3.68. The summed E-state index contributed by atoms with van der Waals surface area (Å²) in [5, 5.41) is 7.46. The van der Waals surface area contributed by atoms with Gasteiger partial charge in [0, 0.05) is 23.3 Å². The monoisotopic (exact) mass is 327 g/mol. The van der Waals surface area contributed by atoms with Crippen molar-refractivity contribution in [1.29, 1.82) is 0 Å². The van der Waals surface area contributed by atoms with E-state index in [2.05, 4.69) is 26.3 Å². The molecule has 0 spiro atoms. The van der Waals surface area contributed by atoms with Crippen LogP contribution in [0.1, 0.15) is 16.1 Å². The number of amides is 1. The van der Waals surface area contributed by atoms with Gasteiger partial charge in [-0.3, -0.25) is 9.48 Å². The molecule has 0 saturated heterocycles. The van der Waals surface area contributed by atoms with E-state index in [9.17, 15) is 4.79 Å². The average molecular weight is 329 g/mol. The first kappa shape index (κ1) is 13.1. The van der Waals surface area contributed by atoms with Gasteiger partial charge in [0.15, 0.2) is 0 Å². The molecule has 0 bridgehead atoms. The van der Waals surface area contributed by atoms with Gasteiger partial charge in [0.2, 0.25) is 0 Å². The SMILES string of the molecule is Cc1nn(C)cc1NC(=O)c1ccc(Br)c(Cl)c1. The zero-order chi connectivity index (χ0) is 13.3. The first-order valence-electron chi connectivity index (χ1n) is 5.24. The minimum absolute atomic E-state index is 0.208. The Morgan fingerprint density at radius 1 is 1.50 bits per heavy atom. The van der Waals surface area contributed by atoms with Crippen molar-refractivity contribution in [1.82, 2.24) is 9.78 Å². The fraction of sp³-hybridized carbons (Fsp3) is 0.167. The maximum atomic E-state index is 12.0. The van der Waals surface area contributed by atoms with Crippen LogP contribution in [-0.2, 0) is 7.05 Å². The Morgan fingerprint density at radius 3 is 2.78 bits per heavy atom. The van der Waals surface area contributed by atoms with Gasteiger partial charge in [-0.1, -0.05) is 11.6 Å². The van der Waals surface area contributed by atoms with Crippen molar-refractivity contribution < 1.29 is 4.79 Å². The normalized spacial score (nSPS) is 10.4. The number of nitrogens with one attached hydrogen (secondary N) is 1. The van der Waals surface area contributed by atoms with E-state index in [0.29, 0.717) is 16.3 Å². The number of aryl methyl sites for hydroxylation is 2. The van der Waals surface area contributed by atoms with E-state index in [1.807, 2.05) is 6.92 Å². The van der Waals surface area contributed by atoms with Crippen LogP contribution in [0.25, 0.3) is 0 Å². The Bertz CT molecular complexity index is 609. The van der Waals surface area contributed by atoms with Crippen LogP contribution in [0.4, 0.5) is 5.69 Å². The Balaban J connectivity index is 2.22. The summed E-state index contributed by atoms with van der Waals surface area (Å²) in [4.78, 5) is 12.0. The first-order chi connectivity index (χ1) is 8.47. The Labute approximate surface area is 118 Å². The number of hydrogen-bond donors (Lipinski definition) is 1. The number of aromatic nitrogens is 2. The molecule has 0 aliphatic rings. The van der Waals surface area contributed by atoms with Crippen LogP contribution in [0.5, 0.6) is 0 Å². The second-order valence-electron chi connectivity index (χ2n) is 3.88. The molecule has 0 unspecified atom stereocenters. The Hall–Kier alpha value is -1.33. The van der Waals surface area contributed by atoms with Gasteiger partial charge in [-0.2, -0.15) is 5.10 Å². The minimum Gasteiger partial charge on any atom is -0.319 e. The molecule has 18 heavy (non-hydrogen) atoms. The van der Waals surface area contributed by atoms with Crippen molar-refractivity contribution in [2.45, 2.75) is 6.92 Å². The van der Waals surface area contributed by atoms with Crippen LogP contribution >= 0.6 is 27.5 Å². The van der Waals surface area contributed by atoms with E-state index in [1.54, 1.807) is 36.1 Å². The van der Waals surface area contributed by atoms with Gasteiger partial charge in [-0.25, -0.2) is 0 Å². The minimum atomic E-state index is -0.208. The summed E-state index contributed by atoms with van der Waals surface area (Å²) in [5.74, 6) is -0.208. The molecule has 0 saturated carbocycles. The van der Waals surface area contributed by atoms with E-state index in [-0.39, 0.29) is 5.91 Å². The number of benzene rings is 1. The molecule has 0 atom stereocenters. The van der Waals surface area contributed by atoms with Gasteiger partial charge in [0.25, 0.3) is 5.91 Å². The number of nitrogens with zero attached hydrogens (tertiary/aromatic N) is 2. The smallest absolute Gasteiger partial charge is 0.255 e. The van der Waals surface area contributed by atoms with Crippen LogP contribution in [0, 0.1) is 6.92 Å². The molecule has 0 fully saturated rings. The maximum Gasteiger partial charge on any atom is 0.255 e. The molecule has 2 rings (SSSR count). The second kappa shape index (κ2) is 5.12. The number of carbonyl (C=O) groups is 1. The zero-order valence-electron chi connectivity index (χ0n) is 9.87. The number of carbonyl (C=O) groups excluding carboxylic acids is 1. The molecule has 1 amide bonds. The van der Waals surface area contributed by atoms with E-state index in [1.165, 1.54) is 0 Å². The fourth-order valence-electron chi connectivity index (χ4n) is 1.55. The van der Waals surface area contributed by atoms with Crippen molar-refractivity contribution in [3.8, 4) is 0 Å². The summed E-state index contributed by atoms with van der Waals surface area (Å²) in [6.45, 7) is 1.84. The highest BCUT2D eigenvalue weighted by atomic mass is 79.9. The number of rotatable bonds is 2. The molecule has 1 aromatic carbocycles. The lowest BCUT2D eigenvalue weighted by Crippen LogP contribution is -2.12. The third kappa shape index (κ3) is 2.73. The topological polar surface area (TPSA) is 46.9 Å².